The van der Waals surface area contributed by atoms with Gasteiger partial charge in [-0.25, -0.2) is 0 Å². The van der Waals surface area contributed by atoms with Crippen molar-refractivity contribution in [1.82, 2.24) is 14.7 Å². The fourth-order valence-corrected chi connectivity index (χ4v) is 1.50. The van der Waals surface area contributed by atoms with E-state index in [2.05, 4.69) is 30.9 Å². The summed E-state index contributed by atoms with van der Waals surface area (Å²) in [6, 6.07) is 0.242. The minimum Gasteiger partial charge on any atom is -0.326 e. The van der Waals surface area contributed by atoms with Crippen molar-refractivity contribution in [3.8, 4) is 0 Å². The van der Waals surface area contributed by atoms with Gasteiger partial charge in [-0.2, -0.15) is 5.10 Å². The van der Waals surface area contributed by atoms with E-state index in [9.17, 15) is 0 Å². The summed E-state index contributed by atoms with van der Waals surface area (Å²) in [6.07, 6.45) is 3.94. The highest BCUT2D eigenvalue weighted by molar-refractivity contribution is 5.03. The van der Waals surface area contributed by atoms with Crippen LogP contribution in [0.5, 0.6) is 0 Å². The van der Waals surface area contributed by atoms with Gasteiger partial charge in [0, 0.05) is 37.9 Å². The summed E-state index contributed by atoms with van der Waals surface area (Å²) in [5, 5.41) is 4.14. The molecule has 4 heteroatoms. The summed E-state index contributed by atoms with van der Waals surface area (Å²) in [4.78, 5) is 2.24. The first kappa shape index (κ1) is 12.2. The lowest BCUT2D eigenvalue weighted by molar-refractivity contribution is 0.276. The average Bonchev–Trinajstić information content (AvgIpc) is 2.50. The number of aromatic nitrogens is 2. The molecule has 2 N–H and O–H groups in total. The molecule has 1 aromatic heterocycles. The van der Waals surface area contributed by atoms with Gasteiger partial charge in [0.1, 0.15) is 0 Å². The van der Waals surface area contributed by atoms with Gasteiger partial charge in [-0.15, -0.1) is 0 Å². The fraction of sp³-hybridized carbons (Fsp3) is 0.727. The van der Waals surface area contributed by atoms with Gasteiger partial charge in [-0.1, -0.05) is 13.8 Å². The van der Waals surface area contributed by atoms with E-state index in [4.69, 9.17) is 5.73 Å². The van der Waals surface area contributed by atoms with E-state index in [-0.39, 0.29) is 6.04 Å². The van der Waals surface area contributed by atoms with Crippen LogP contribution in [0.3, 0.4) is 0 Å². The standard InChI is InChI=1S/C11H22N4/c1-9(2)11(12)8-14(3)6-10-5-13-15(4)7-10/h5,7,9,11H,6,8,12H2,1-4H3. The van der Waals surface area contributed by atoms with E-state index < -0.39 is 0 Å². The molecule has 0 bridgehead atoms. The molecule has 0 saturated carbocycles. The van der Waals surface area contributed by atoms with Crippen molar-refractivity contribution in [3.63, 3.8) is 0 Å². The van der Waals surface area contributed by atoms with E-state index in [1.807, 2.05) is 24.1 Å². The summed E-state index contributed by atoms with van der Waals surface area (Å²) in [5.74, 6) is 0.529. The van der Waals surface area contributed by atoms with E-state index in [1.54, 1.807) is 0 Å². The molecule has 0 fully saturated rings. The van der Waals surface area contributed by atoms with Crippen molar-refractivity contribution in [2.45, 2.75) is 26.4 Å². The number of nitrogens with zero attached hydrogens (tertiary/aromatic N) is 3. The Hall–Kier alpha value is -0.870. The fourth-order valence-electron chi connectivity index (χ4n) is 1.50. The van der Waals surface area contributed by atoms with Crippen LogP contribution in [0, 0.1) is 5.92 Å². The van der Waals surface area contributed by atoms with Gasteiger partial charge < -0.3 is 10.6 Å². The van der Waals surface area contributed by atoms with E-state index in [0.717, 1.165) is 13.1 Å². The van der Waals surface area contributed by atoms with Crippen LogP contribution in [0.25, 0.3) is 0 Å². The monoisotopic (exact) mass is 210 g/mol. The number of rotatable bonds is 5. The molecule has 0 saturated heterocycles. The smallest absolute Gasteiger partial charge is 0.0534 e. The Morgan fingerprint density at radius 3 is 2.67 bits per heavy atom. The van der Waals surface area contributed by atoms with Crippen LogP contribution in [0.2, 0.25) is 0 Å². The molecule has 0 aromatic carbocycles. The molecule has 1 atom stereocenters. The topological polar surface area (TPSA) is 47.1 Å². The normalized spacial score (nSPS) is 13.8. The minimum atomic E-state index is 0.242. The molecule has 0 radical (unpaired) electrons. The lowest BCUT2D eigenvalue weighted by Crippen LogP contribution is -2.38. The average molecular weight is 210 g/mol. The third-order valence-electron chi connectivity index (χ3n) is 2.59. The van der Waals surface area contributed by atoms with Crippen LogP contribution in [0.1, 0.15) is 19.4 Å². The van der Waals surface area contributed by atoms with Crippen molar-refractivity contribution >= 4 is 0 Å². The number of aryl methyl sites for hydroxylation is 1. The predicted octanol–water partition coefficient (Wildman–Crippen LogP) is 0.835. The lowest BCUT2D eigenvalue weighted by Gasteiger charge is -2.23. The number of hydrogen-bond acceptors (Lipinski definition) is 3. The van der Waals surface area contributed by atoms with Gasteiger partial charge in [0.05, 0.1) is 6.20 Å². The Morgan fingerprint density at radius 1 is 1.53 bits per heavy atom. The first-order valence-corrected chi connectivity index (χ1v) is 5.40. The summed E-state index contributed by atoms with van der Waals surface area (Å²) in [5.41, 5.74) is 7.25. The Kier molecular flexibility index (Phi) is 4.29. The highest BCUT2D eigenvalue weighted by atomic mass is 15.2. The summed E-state index contributed by atoms with van der Waals surface area (Å²) >= 11 is 0. The molecule has 0 aliphatic carbocycles. The van der Waals surface area contributed by atoms with Gasteiger partial charge in [0.15, 0.2) is 0 Å². The van der Waals surface area contributed by atoms with Gasteiger partial charge >= 0.3 is 0 Å². The molecule has 1 rings (SSSR count). The number of nitrogens with two attached hydrogens (primary N) is 1. The van der Waals surface area contributed by atoms with E-state index in [0.29, 0.717) is 5.92 Å². The zero-order valence-corrected chi connectivity index (χ0v) is 10.1. The Balaban J connectivity index is 2.39. The van der Waals surface area contributed by atoms with Gasteiger partial charge in [-0.05, 0) is 13.0 Å². The molecule has 0 spiro atoms. The van der Waals surface area contributed by atoms with Crippen molar-refractivity contribution in [1.29, 1.82) is 0 Å². The largest absolute Gasteiger partial charge is 0.326 e. The zero-order valence-electron chi connectivity index (χ0n) is 10.1. The third kappa shape index (κ3) is 4.01. The summed E-state index contributed by atoms with van der Waals surface area (Å²) < 4.78 is 1.82. The molecular weight excluding hydrogens is 188 g/mol. The van der Waals surface area contributed by atoms with E-state index >= 15 is 0 Å². The molecule has 1 heterocycles. The van der Waals surface area contributed by atoms with Crippen LogP contribution in [0.4, 0.5) is 0 Å². The highest BCUT2D eigenvalue weighted by Gasteiger charge is 2.11. The first-order chi connectivity index (χ1) is 6.99. The van der Waals surface area contributed by atoms with E-state index in [1.165, 1.54) is 5.56 Å². The lowest BCUT2D eigenvalue weighted by atomic mass is 10.1. The van der Waals surface area contributed by atoms with Crippen molar-refractivity contribution in [3.05, 3.63) is 18.0 Å². The quantitative estimate of drug-likeness (QED) is 0.783. The van der Waals surface area contributed by atoms with Crippen molar-refractivity contribution in [2.24, 2.45) is 18.7 Å². The third-order valence-corrected chi connectivity index (χ3v) is 2.59. The number of likely N-dealkylation sites (N-methyl/N-ethyl adjacent to an activating group) is 1. The van der Waals surface area contributed by atoms with Crippen molar-refractivity contribution < 1.29 is 0 Å². The number of hydrogen-bond donors (Lipinski definition) is 1. The molecule has 0 aliphatic rings. The maximum Gasteiger partial charge on any atom is 0.0534 e. The van der Waals surface area contributed by atoms with Crippen LogP contribution < -0.4 is 5.73 Å². The second-order valence-corrected chi connectivity index (χ2v) is 4.63. The molecule has 86 valence electrons. The van der Waals surface area contributed by atoms with Gasteiger partial charge in [0.2, 0.25) is 0 Å². The Labute approximate surface area is 92.1 Å². The zero-order chi connectivity index (χ0) is 11.4. The summed E-state index contributed by atoms with van der Waals surface area (Å²) in [6.45, 7) is 6.14. The minimum absolute atomic E-state index is 0.242. The molecule has 1 unspecified atom stereocenters. The Morgan fingerprint density at radius 2 is 2.20 bits per heavy atom. The second-order valence-electron chi connectivity index (χ2n) is 4.63. The molecule has 0 aliphatic heterocycles. The van der Waals surface area contributed by atoms with Crippen molar-refractivity contribution in [2.75, 3.05) is 13.6 Å². The van der Waals surface area contributed by atoms with Gasteiger partial charge in [0.25, 0.3) is 0 Å². The van der Waals surface area contributed by atoms with Crippen LogP contribution in [0.15, 0.2) is 12.4 Å². The maximum atomic E-state index is 6.01. The first-order valence-electron chi connectivity index (χ1n) is 5.40. The molecule has 15 heavy (non-hydrogen) atoms. The van der Waals surface area contributed by atoms with Gasteiger partial charge in [-0.3, -0.25) is 4.68 Å². The molecule has 0 amide bonds. The Bertz CT molecular complexity index is 293. The van der Waals surface area contributed by atoms with Crippen LogP contribution in [-0.4, -0.2) is 34.3 Å². The second kappa shape index (κ2) is 5.28. The van der Waals surface area contributed by atoms with Crippen LogP contribution >= 0.6 is 0 Å². The molecular formula is C11H22N4. The highest BCUT2D eigenvalue weighted by Crippen LogP contribution is 2.04. The summed E-state index contributed by atoms with van der Waals surface area (Å²) in [7, 11) is 4.03. The molecule has 1 aromatic rings. The molecule has 4 nitrogen and oxygen atoms in total. The maximum absolute atomic E-state index is 6.01. The van der Waals surface area contributed by atoms with Crippen LogP contribution in [-0.2, 0) is 13.6 Å². The predicted molar refractivity (Wildman–Crippen MR) is 62.4 cm³/mol. The SMILES string of the molecule is CC(C)C(N)CN(C)Cc1cnn(C)c1.